The Hall–Kier alpha value is -2.50. The van der Waals surface area contributed by atoms with Crippen LogP contribution >= 0.6 is 0 Å². The van der Waals surface area contributed by atoms with Gasteiger partial charge in [-0.25, -0.2) is 13.2 Å². The fourth-order valence-electron chi connectivity index (χ4n) is 1.60. The Morgan fingerprint density at radius 2 is 1.67 bits per heavy atom. The Kier molecular flexibility index (Phi) is 4.47. The van der Waals surface area contributed by atoms with Crippen LogP contribution in [0.5, 0.6) is 5.75 Å². The van der Waals surface area contributed by atoms with Crippen LogP contribution in [0, 0.1) is 17.5 Å². The molecule has 0 aliphatic rings. The number of hydrogen-bond acceptors (Lipinski definition) is 2. The first kappa shape index (κ1) is 14.9. The number of amides is 1. The molecule has 1 amide bonds. The Morgan fingerprint density at radius 1 is 1.05 bits per heavy atom. The van der Waals surface area contributed by atoms with Crippen LogP contribution < -0.4 is 10.1 Å². The summed E-state index contributed by atoms with van der Waals surface area (Å²) in [4.78, 5) is 11.9. The molecule has 0 saturated heterocycles. The molecule has 2 aromatic carbocycles. The smallest absolute Gasteiger partial charge is 0.265 e. The monoisotopic (exact) mass is 295 g/mol. The third kappa shape index (κ3) is 3.98. The highest BCUT2D eigenvalue weighted by Crippen LogP contribution is 2.17. The zero-order valence-corrected chi connectivity index (χ0v) is 11.1. The maximum absolute atomic E-state index is 13.4. The van der Waals surface area contributed by atoms with Gasteiger partial charge in [0.1, 0.15) is 23.2 Å². The molecule has 2 aromatic rings. The summed E-state index contributed by atoms with van der Waals surface area (Å²) in [5.74, 6) is -2.34. The summed E-state index contributed by atoms with van der Waals surface area (Å²) < 4.78 is 44.2. The number of hydrogen-bond donors (Lipinski definition) is 1. The number of halogens is 3. The molecule has 0 fully saturated rings. The Bertz CT molecular complexity index is 644. The third-order valence-corrected chi connectivity index (χ3v) is 2.68. The van der Waals surface area contributed by atoms with E-state index < -0.39 is 29.5 Å². The minimum atomic E-state index is -0.931. The van der Waals surface area contributed by atoms with E-state index in [9.17, 15) is 18.0 Å². The molecule has 0 aliphatic carbocycles. The zero-order valence-electron chi connectivity index (χ0n) is 11.1. The number of benzene rings is 2. The first-order valence-electron chi connectivity index (χ1n) is 6.14. The lowest BCUT2D eigenvalue weighted by molar-refractivity contribution is -0.122. The quantitative estimate of drug-likeness (QED) is 0.937. The van der Waals surface area contributed by atoms with Crippen molar-refractivity contribution in [3.8, 4) is 5.75 Å². The molecule has 0 radical (unpaired) electrons. The summed E-state index contributed by atoms with van der Waals surface area (Å²) in [6.45, 7) is 1.46. The lowest BCUT2D eigenvalue weighted by atomic mass is 10.2. The molecule has 1 N–H and O–H groups in total. The molecular weight excluding hydrogens is 283 g/mol. The molecule has 0 saturated carbocycles. The summed E-state index contributed by atoms with van der Waals surface area (Å²) in [7, 11) is 0. The van der Waals surface area contributed by atoms with Crippen molar-refractivity contribution >= 4 is 11.6 Å². The van der Waals surface area contributed by atoms with Crippen molar-refractivity contribution in [1.29, 1.82) is 0 Å². The summed E-state index contributed by atoms with van der Waals surface area (Å²) in [6.07, 6.45) is -0.931. The molecule has 110 valence electrons. The summed E-state index contributed by atoms with van der Waals surface area (Å²) >= 11 is 0. The van der Waals surface area contributed by atoms with Crippen LogP contribution in [0.3, 0.4) is 0 Å². The van der Waals surface area contributed by atoms with Gasteiger partial charge in [-0.05, 0) is 43.3 Å². The van der Waals surface area contributed by atoms with Crippen molar-refractivity contribution in [2.75, 3.05) is 5.32 Å². The highest BCUT2D eigenvalue weighted by atomic mass is 19.1. The molecule has 21 heavy (non-hydrogen) atoms. The van der Waals surface area contributed by atoms with Gasteiger partial charge in [0.05, 0.1) is 5.69 Å². The molecule has 1 atom stereocenters. The Balaban J connectivity index is 2.00. The van der Waals surface area contributed by atoms with Crippen LogP contribution in [0.15, 0.2) is 42.5 Å². The highest BCUT2D eigenvalue weighted by molar-refractivity contribution is 5.94. The van der Waals surface area contributed by atoms with Crippen LogP contribution in [0.4, 0.5) is 18.9 Å². The average Bonchev–Trinajstić information content (AvgIpc) is 2.44. The molecule has 0 spiro atoms. The number of ether oxygens (including phenoxy) is 1. The second-order valence-electron chi connectivity index (χ2n) is 4.33. The molecule has 0 aliphatic heterocycles. The van der Waals surface area contributed by atoms with Crippen LogP contribution in [0.1, 0.15) is 6.92 Å². The van der Waals surface area contributed by atoms with Crippen LogP contribution in [0.25, 0.3) is 0 Å². The molecule has 2 rings (SSSR count). The minimum absolute atomic E-state index is 0.143. The first-order chi connectivity index (χ1) is 9.95. The maximum Gasteiger partial charge on any atom is 0.265 e. The van der Waals surface area contributed by atoms with E-state index >= 15 is 0 Å². The van der Waals surface area contributed by atoms with Gasteiger partial charge in [-0.15, -0.1) is 0 Å². The van der Waals surface area contributed by atoms with Gasteiger partial charge in [-0.1, -0.05) is 0 Å². The van der Waals surface area contributed by atoms with Gasteiger partial charge in [-0.3, -0.25) is 4.79 Å². The summed E-state index contributed by atoms with van der Waals surface area (Å²) in [5, 5.41) is 2.29. The van der Waals surface area contributed by atoms with Gasteiger partial charge in [0, 0.05) is 6.07 Å². The zero-order chi connectivity index (χ0) is 15.4. The van der Waals surface area contributed by atoms with E-state index in [1.54, 1.807) is 0 Å². The molecule has 6 heteroatoms. The number of carbonyl (C=O) groups excluding carboxylic acids is 1. The fourth-order valence-corrected chi connectivity index (χ4v) is 1.60. The van der Waals surface area contributed by atoms with E-state index in [4.69, 9.17) is 4.74 Å². The fraction of sp³-hybridized carbons (Fsp3) is 0.133. The van der Waals surface area contributed by atoms with E-state index in [2.05, 4.69) is 5.32 Å². The van der Waals surface area contributed by atoms with Gasteiger partial charge in [0.15, 0.2) is 6.10 Å². The Morgan fingerprint density at radius 3 is 2.29 bits per heavy atom. The van der Waals surface area contributed by atoms with Crippen molar-refractivity contribution < 1.29 is 22.7 Å². The summed E-state index contributed by atoms with van der Waals surface area (Å²) in [6, 6.07) is 7.95. The van der Waals surface area contributed by atoms with E-state index in [1.807, 2.05) is 0 Å². The normalized spacial score (nSPS) is 11.8. The van der Waals surface area contributed by atoms with Gasteiger partial charge in [-0.2, -0.15) is 0 Å². The molecule has 0 aromatic heterocycles. The maximum atomic E-state index is 13.4. The second-order valence-corrected chi connectivity index (χ2v) is 4.33. The number of carbonyl (C=O) groups is 1. The summed E-state index contributed by atoms with van der Waals surface area (Å²) in [5.41, 5.74) is -0.143. The van der Waals surface area contributed by atoms with Crippen LogP contribution in [-0.2, 0) is 4.79 Å². The van der Waals surface area contributed by atoms with E-state index in [0.29, 0.717) is 11.8 Å². The topological polar surface area (TPSA) is 38.3 Å². The minimum Gasteiger partial charge on any atom is -0.481 e. The van der Waals surface area contributed by atoms with Crippen molar-refractivity contribution in [2.45, 2.75) is 13.0 Å². The average molecular weight is 295 g/mol. The predicted molar refractivity (Wildman–Crippen MR) is 71.5 cm³/mol. The largest absolute Gasteiger partial charge is 0.481 e. The first-order valence-corrected chi connectivity index (χ1v) is 6.14. The SMILES string of the molecule is CC(Oc1ccc(F)cc1)C(=O)Nc1ccc(F)cc1F. The van der Waals surface area contributed by atoms with Crippen molar-refractivity contribution in [2.24, 2.45) is 0 Å². The highest BCUT2D eigenvalue weighted by Gasteiger charge is 2.16. The number of anilines is 1. The molecule has 0 bridgehead atoms. The van der Waals surface area contributed by atoms with E-state index in [-0.39, 0.29) is 5.69 Å². The Labute approximate surface area is 119 Å². The van der Waals surface area contributed by atoms with E-state index in [1.165, 1.54) is 31.2 Å². The third-order valence-electron chi connectivity index (χ3n) is 2.68. The van der Waals surface area contributed by atoms with Gasteiger partial charge < -0.3 is 10.1 Å². The van der Waals surface area contributed by atoms with Gasteiger partial charge in [0.25, 0.3) is 5.91 Å². The molecule has 3 nitrogen and oxygen atoms in total. The number of rotatable bonds is 4. The number of nitrogens with one attached hydrogen (secondary N) is 1. The molecular formula is C15H12F3NO2. The standard InChI is InChI=1S/C15H12F3NO2/c1-9(21-12-5-2-10(16)3-6-12)15(20)19-14-7-4-11(17)8-13(14)18/h2-9H,1H3,(H,19,20). The molecule has 1 unspecified atom stereocenters. The van der Waals surface area contributed by atoms with Crippen molar-refractivity contribution in [3.63, 3.8) is 0 Å². The lowest BCUT2D eigenvalue weighted by Crippen LogP contribution is -2.30. The van der Waals surface area contributed by atoms with Gasteiger partial charge >= 0.3 is 0 Å². The second kappa shape index (κ2) is 6.30. The van der Waals surface area contributed by atoms with Gasteiger partial charge in [0.2, 0.25) is 0 Å². The predicted octanol–water partition coefficient (Wildman–Crippen LogP) is 3.51. The van der Waals surface area contributed by atoms with Crippen LogP contribution in [0.2, 0.25) is 0 Å². The van der Waals surface area contributed by atoms with Crippen molar-refractivity contribution in [3.05, 3.63) is 59.9 Å². The van der Waals surface area contributed by atoms with Crippen molar-refractivity contribution in [1.82, 2.24) is 0 Å². The van der Waals surface area contributed by atoms with E-state index in [0.717, 1.165) is 12.1 Å². The lowest BCUT2D eigenvalue weighted by Gasteiger charge is -2.15. The molecule has 0 heterocycles. The van der Waals surface area contributed by atoms with Crippen LogP contribution in [-0.4, -0.2) is 12.0 Å².